The highest BCUT2D eigenvalue weighted by molar-refractivity contribution is 5.86. The molecule has 0 unspecified atom stereocenters. The number of rotatable bonds is 7. The summed E-state index contributed by atoms with van der Waals surface area (Å²) >= 11 is 0. The van der Waals surface area contributed by atoms with Gasteiger partial charge in [-0.25, -0.2) is 19.9 Å². The van der Waals surface area contributed by atoms with Gasteiger partial charge in [-0.2, -0.15) is 0 Å². The predicted molar refractivity (Wildman–Crippen MR) is 414 cm³/mol. The molecule has 7 heterocycles. The van der Waals surface area contributed by atoms with Crippen molar-refractivity contribution in [3.8, 4) is 0 Å². The lowest BCUT2D eigenvalue weighted by Gasteiger charge is -2.31. The maximum atomic E-state index is 4.61. The first-order valence-electron chi connectivity index (χ1n) is 34.3. The smallest absolute Gasteiger partial charge is 0.178 e. The Labute approximate surface area is 583 Å². The second kappa shape index (κ2) is 29.4. The monoisotopic (exact) mass is 1300 g/mol. The van der Waals surface area contributed by atoms with E-state index in [9.17, 15) is 0 Å². The Hall–Kier alpha value is -10.6. The molecule has 0 radical (unpaired) electrons. The molecule has 0 bridgehead atoms. The molecule has 2 aromatic heterocycles. The van der Waals surface area contributed by atoms with Crippen LogP contribution in [0.2, 0.25) is 0 Å². The summed E-state index contributed by atoms with van der Waals surface area (Å²) in [5, 5.41) is 0. The average molecular weight is 1300 g/mol. The van der Waals surface area contributed by atoms with E-state index in [0.717, 1.165) is 29.0 Å². The molecular formula is C84H98N14. The molecule has 8 aromatic carbocycles. The van der Waals surface area contributed by atoms with Crippen LogP contribution in [-0.4, -0.2) is 76.8 Å². The second-order valence-electron chi connectivity index (χ2n) is 26.7. The van der Waals surface area contributed by atoms with Gasteiger partial charge < -0.3 is 49.0 Å². The van der Waals surface area contributed by atoms with Gasteiger partial charge in [0.2, 0.25) is 0 Å². The second-order valence-corrected chi connectivity index (χ2v) is 26.7. The third kappa shape index (κ3) is 13.7. The molecule has 0 spiro atoms. The third-order valence-corrected chi connectivity index (χ3v) is 20.1. The fourth-order valence-electron chi connectivity index (χ4n) is 14.0. The molecule has 0 fully saturated rings. The molecule has 14 heteroatoms. The van der Waals surface area contributed by atoms with Crippen LogP contribution in [0.4, 0.5) is 74.5 Å². The minimum absolute atomic E-state index is 0.107. The van der Waals surface area contributed by atoms with E-state index in [0.29, 0.717) is 12.3 Å². The molecule has 14 nitrogen and oxygen atoms in total. The van der Waals surface area contributed by atoms with E-state index in [1.54, 1.807) is 24.8 Å². The minimum Gasteiger partial charge on any atom is -0.359 e. The summed E-state index contributed by atoms with van der Waals surface area (Å²) in [6, 6.07) is 59.9. The Bertz CT molecular complexity index is 4490. The first kappa shape index (κ1) is 68.8. The lowest BCUT2D eigenvalue weighted by Crippen LogP contribution is -2.36. The number of benzene rings is 8. The van der Waals surface area contributed by atoms with Crippen LogP contribution in [0.25, 0.3) is 0 Å². The summed E-state index contributed by atoms with van der Waals surface area (Å²) in [7, 11) is 6.33. The van der Waals surface area contributed by atoms with E-state index in [4.69, 9.17) is 0 Å². The van der Waals surface area contributed by atoms with Crippen LogP contribution < -0.4 is 44.1 Å². The molecular weight excluding hydrogens is 1210 g/mol. The first-order valence-corrected chi connectivity index (χ1v) is 34.3. The molecule has 0 saturated heterocycles. The Morgan fingerprint density at radius 2 is 0.633 bits per heavy atom. The maximum Gasteiger partial charge on any atom is 0.178 e. The van der Waals surface area contributed by atoms with Crippen LogP contribution in [0.15, 0.2) is 219 Å². The lowest BCUT2D eigenvalue weighted by molar-refractivity contribution is 0.383. The summed E-state index contributed by atoms with van der Waals surface area (Å²) in [4.78, 5) is 41.0. The summed E-state index contributed by atoms with van der Waals surface area (Å²) in [6.07, 6.45) is 17.0. The van der Waals surface area contributed by atoms with Gasteiger partial charge in [-0.05, 0) is 239 Å². The summed E-state index contributed by atoms with van der Waals surface area (Å²) < 4.78 is 0. The van der Waals surface area contributed by atoms with Gasteiger partial charge in [-0.15, -0.1) is 0 Å². The van der Waals surface area contributed by atoms with Gasteiger partial charge in [0.25, 0.3) is 0 Å². The van der Waals surface area contributed by atoms with Crippen LogP contribution in [0.3, 0.4) is 0 Å². The van der Waals surface area contributed by atoms with Crippen LogP contribution in [0, 0.1) is 76.2 Å². The average Bonchev–Trinajstić information content (AvgIpc) is 1.50. The molecule has 5 aliphatic heterocycles. The fourth-order valence-corrected chi connectivity index (χ4v) is 14.0. The molecule has 0 amide bonds. The number of para-hydroxylation sites is 6. The quantitative estimate of drug-likeness (QED) is 0.152. The van der Waals surface area contributed by atoms with E-state index in [1.807, 2.05) is 6.07 Å². The number of aryl methyl sites for hydroxylation is 8. The van der Waals surface area contributed by atoms with Gasteiger partial charge in [0.1, 0.15) is 30.8 Å². The van der Waals surface area contributed by atoms with E-state index in [-0.39, 0.29) is 18.5 Å². The Morgan fingerprint density at radius 1 is 0.265 bits per heavy atom. The fraction of sp³-hybridized carbons (Fsp3) is 0.286. The van der Waals surface area contributed by atoms with Crippen molar-refractivity contribution in [2.75, 3.05) is 65.2 Å². The third-order valence-electron chi connectivity index (χ3n) is 20.1. The molecule has 98 heavy (non-hydrogen) atoms. The van der Waals surface area contributed by atoms with Crippen LogP contribution in [0.1, 0.15) is 95.8 Å². The van der Waals surface area contributed by atoms with Crippen molar-refractivity contribution in [2.45, 2.75) is 142 Å². The summed E-state index contributed by atoms with van der Waals surface area (Å²) in [5.74, 6) is 3.67. The Morgan fingerprint density at radius 3 is 1.12 bits per heavy atom. The summed E-state index contributed by atoms with van der Waals surface area (Å²) in [5.41, 5.74) is 25.9. The van der Waals surface area contributed by atoms with Gasteiger partial charge in [0.05, 0.1) is 11.4 Å². The highest BCUT2D eigenvalue weighted by Crippen LogP contribution is 2.47. The molecule has 0 saturated carbocycles. The van der Waals surface area contributed by atoms with Crippen molar-refractivity contribution in [1.82, 2.24) is 24.8 Å². The van der Waals surface area contributed by atoms with Gasteiger partial charge in [0, 0.05) is 111 Å². The molecule has 504 valence electrons. The number of hydrogen-bond acceptors (Lipinski definition) is 14. The maximum absolute atomic E-state index is 4.61. The summed E-state index contributed by atoms with van der Waals surface area (Å²) in [6.45, 7) is 35.0. The Balaban J connectivity index is 0.000000125. The van der Waals surface area contributed by atoms with E-state index in [1.165, 1.54) is 107 Å². The number of fused-ring (bicyclic) bond motifs is 3. The molecule has 5 aliphatic rings. The first-order chi connectivity index (χ1) is 47.1. The SMILES string of the molecule is Cc1cc(C)c(C)c(N2C=CN(C)[C@@H]2C)c1.Cc1cc(C)c(C)c(N2C=CN(c3ccccc3)[C@@H]2C)c1.Cc1cc(C)c(C)c(N2c3ccccc3N(C)[C@@H]2C)c1.Cc1ccccc1N1c2nccnc2N(C)[C@@H]1C.Cc1ccccc1N1c2nccnc2N(c2ccccc2)[C@@H]1C. The molecule has 5 atom stereocenters. The van der Waals surface area contributed by atoms with E-state index < -0.39 is 0 Å². The molecule has 15 rings (SSSR count). The number of hydrogen-bond donors (Lipinski definition) is 0. The highest BCUT2D eigenvalue weighted by Gasteiger charge is 2.39. The molecule has 10 aromatic rings. The van der Waals surface area contributed by atoms with Crippen molar-refractivity contribution in [3.05, 3.63) is 281 Å². The van der Waals surface area contributed by atoms with Crippen molar-refractivity contribution in [3.63, 3.8) is 0 Å². The zero-order chi connectivity index (χ0) is 69.8. The van der Waals surface area contributed by atoms with Crippen LogP contribution >= 0.6 is 0 Å². The Kier molecular flexibility index (Phi) is 20.6. The highest BCUT2D eigenvalue weighted by atomic mass is 15.5. The van der Waals surface area contributed by atoms with Crippen molar-refractivity contribution >= 4 is 74.5 Å². The van der Waals surface area contributed by atoms with Crippen molar-refractivity contribution in [1.29, 1.82) is 0 Å². The zero-order valence-electron chi connectivity index (χ0n) is 60.9. The van der Waals surface area contributed by atoms with Crippen LogP contribution in [0.5, 0.6) is 0 Å². The van der Waals surface area contributed by atoms with Crippen molar-refractivity contribution in [2.24, 2.45) is 0 Å². The number of anilines is 13. The van der Waals surface area contributed by atoms with Gasteiger partial charge in [-0.1, -0.05) is 103 Å². The topological polar surface area (TPSA) is 84.0 Å². The number of nitrogens with zero attached hydrogens (tertiary/aromatic N) is 14. The number of aromatic nitrogens is 4. The van der Waals surface area contributed by atoms with E-state index in [2.05, 4.69) is 389 Å². The minimum atomic E-state index is 0.107. The van der Waals surface area contributed by atoms with Gasteiger partial charge in [-0.3, -0.25) is 0 Å². The molecule has 0 N–H and O–H groups in total. The molecule has 0 aliphatic carbocycles. The van der Waals surface area contributed by atoms with Crippen LogP contribution in [-0.2, 0) is 0 Å². The lowest BCUT2D eigenvalue weighted by atomic mass is 10.0. The standard InChI is InChI=1S/C19H18N4.C19H22N2.C18H22N2.C14H16N4.C14H20N2/c1-14-8-6-7-11-17(14)23-15(2)22(16-9-4-3-5-10-16)18-19(23)21-13-12-20-18;1-14-12-15(2)16(3)19(13-14)21-11-10-20(17(21)4)18-8-6-5-7-9-18;1-12-10-13(2)14(3)18(11-12)20-15(4)19(5)16-8-6-7-9-17(16)20;1-10-6-4-5-7-12(10)18-11(2)17(3)13-14(18)16-9-8-15-13;1-10-8-11(2)12(3)14(9-10)16-7-6-15(5)13(16)4/h3-13,15H,1-2H3;5-13,17H,1-4H3;6-11,15H,1-5H3;4-9,11H,1-3H3;6-9,13H,1-5H3/t15-;17-;15-;11-;13-/m00000/s1. The van der Waals surface area contributed by atoms with Crippen molar-refractivity contribution < 1.29 is 0 Å². The van der Waals surface area contributed by atoms with E-state index >= 15 is 0 Å². The largest absolute Gasteiger partial charge is 0.359 e. The normalized spacial score (nSPS) is 17.8. The van der Waals surface area contributed by atoms with Gasteiger partial charge >= 0.3 is 0 Å². The predicted octanol–water partition coefficient (Wildman–Crippen LogP) is 19.6. The van der Waals surface area contributed by atoms with Gasteiger partial charge in [0.15, 0.2) is 23.3 Å². The zero-order valence-corrected chi connectivity index (χ0v) is 60.9.